The second-order valence-electron chi connectivity index (χ2n) is 6.82. The van der Waals surface area contributed by atoms with Gasteiger partial charge >= 0.3 is 0 Å². The first-order valence-electron chi connectivity index (χ1n) is 8.80. The molecule has 0 saturated heterocycles. The first-order valence-corrected chi connectivity index (χ1v) is 8.80. The molecular weight excluding hydrogens is 342 g/mol. The molecule has 0 saturated carbocycles. The van der Waals surface area contributed by atoms with Crippen molar-refractivity contribution in [3.05, 3.63) is 70.2 Å². The van der Waals surface area contributed by atoms with Gasteiger partial charge in [0.05, 0.1) is 0 Å². The molecule has 0 bridgehead atoms. The van der Waals surface area contributed by atoms with Crippen LogP contribution in [0.3, 0.4) is 0 Å². The van der Waals surface area contributed by atoms with Crippen LogP contribution in [0.5, 0.6) is 0 Å². The lowest BCUT2D eigenvalue weighted by molar-refractivity contribution is 0.390. The molecule has 3 aromatic rings. The molecule has 0 unspecified atom stereocenters. The molecule has 7 heteroatoms. The van der Waals surface area contributed by atoms with Crippen molar-refractivity contribution in [3.8, 4) is 0 Å². The van der Waals surface area contributed by atoms with Gasteiger partial charge in [-0.1, -0.05) is 40.1 Å². The molecule has 0 atom stereocenters. The molecule has 0 spiro atoms. The third-order valence-corrected chi connectivity index (χ3v) is 4.71. The molecule has 0 aliphatic carbocycles. The van der Waals surface area contributed by atoms with Gasteiger partial charge in [-0.05, 0) is 26.3 Å². The lowest BCUT2D eigenvalue weighted by Gasteiger charge is -2.30. The Bertz CT molecular complexity index is 994. The second-order valence-corrected chi connectivity index (χ2v) is 6.82. The van der Waals surface area contributed by atoms with Crippen LogP contribution in [-0.2, 0) is 0 Å². The van der Waals surface area contributed by atoms with Crippen molar-refractivity contribution in [3.63, 3.8) is 0 Å². The molecular formula is C20H21N5O2. The standard InChI is InChI=1S/C20H21N5O2/c1-10-6-8-15(9-7-10)18-16(19-22-13(4)26-24-19)11(2)21-12(3)17(18)20-23-14(5)27-25-20/h6-9,18,21H,1-5H3. The van der Waals surface area contributed by atoms with E-state index in [-0.39, 0.29) is 5.92 Å². The average molecular weight is 363 g/mol. The predicted molar refractivity (Wildman–Crippen MR) is 100 cm³/mol. The van der Waals surface area contributed by atoms with Crippen LogP contribution in [0.4, 0.5) is 0 Å². The van der Waals surface area contributed by atoms with Gasteiger partial charge in [-0.2, -0.15) is 9.97 Å². The highest BCUT2D eigenvalue weighted by molar-refractivity contribution is 5.88. The van der Waals surface area contributed by atoms with Gasteiger partial charge in [-0.3, -0.25) is 0 Å². The minimum absolute atomic E-state index is 0.138. The van der Waals surface area contributed by atoms with Crippen LogP contribution < -0.4 is 5.32 Å². The number of nitrogens with one attached hydrogen (secondary N) is 1. The van der Waals surface area contributed by atoms with Gasteiger partial charge in [0.1, 0.15) is 0 Å². The fourth-order valence-electron chi connectivity index (χ4n) is 3.50. The summed E-state index contributed by atoms with van der Waals surface area (Å²) in [5.41, 5.74) is 6.14. The third-order valence-electron chi connectivity index (χ3n) is 4.71. The van der Waals surface area contributed by atoms with E-state index < -0.39 is 0 Å². The molecule has 2 aromatic heterocycles. The van der Waals surface area contributed by atoms with E-state index in [2.05, 4.69) is 56.8 Å². The summed E-state index contributed by atoms with van der Waals surface area (Å²) in [5, 5.41) is 11.8. The summed E-state index contributed by atoms with van der Waals surface area (Å²) >= 11 is 0. The maximum Gasteiger partial charge on any atom is 0.223 e. The Hall–Kier alpha value is -3.22. The van der Waals surface area contributed by atoms with Crippen LogP contribution in [0.15, 0.2) is 44.7 Å². The summed E-state index contributed by atoms with van der Waals surface area (Å²) in [6.07, 6.45) is 0. The van der Waals surface area contributed by atoms with Crippen molar-refractivity contribution in [1.82, 2.24) is 25.6 Å². The van der Waals surface area contributed by atoms with Gasteiger partial charge in [-0.15, -0.1) is 0 Å². The Morgan fingerprint density at radius 3 is 1.63 bits per heavy atom. The lowest BCUT2D eigenvalue weighted by Crippen LogP contribution is -2.24. The number of hydrogen-bond acceptors (Lipinski definition) is 7. The molecule has 1 aromatic carbocycles. The van der Waals surface area contributed by atoms with Crippen LogP contribution in [0, 0.1) is 20.8 Å². The van der Waals surface area contributed by atoms with Crippen molar-refractivity contribution >= 4 is 11.1 Å². The number of benzene rings is 1. The van der Waals surface area contributed by atoms with E-state index in [0.29, 0.717) is 23.4 Å². The summed E-state index contributed by atoms with van der Waals surface area (Å²) in [7, 11) is 0. The van der Waals surface area contributed by atoms with E-state index >= 15 is 0 Å². The summed E-state index contributed by atoms with van der Waals surface area (Å²) in [4.78, 5) is 8.95. The number of dihydropyridines is 1. The van der Waals surface area contributed by atoms with E-state index in [9.17, 15) is 0 Å². The average Bonchev–Trinajstić information content (AvgIpc) is 3.23. The van der Waals surface area contributed by atoms with Gasteiger partial charge in [0.15, 0.2) is 0 Å². The zero-order valence-electron chi connectivity index (χ0n) is 16.0. The van der Waals surface area contributed by atoms with E-state index in [0.717, 1.165) is 28.1 Å². The van der Waals surface area contributed by atoms with Gasteiger partial charge in [0.25, 0.3) is 0 Å². The quantitative estimate of drug-likeness (QED) is 0.754. The van der Waals surface area contributed by atoms with E-state index in [1.807, 2.05) is 13.8 Å². The Balaban J connectivity index is 1.94. The van der Waals surface area contributed by atoms with Crippen LogP contribution in [0.1, 0.15) is 54.3 Å². The van der Waals surface area contributed by atoms with Crippen LogP contribution >= 0.6 is 0 Å². The highest BCUT2D eigenvalue weighted by Crippen LogP contribution is 2.45. The van der Waals surface area contributed by atoms with E-state index in [1.165, 1.54) is 5.56 Å². The maximum atomic E-state index is 5.25. The SMILES string of the molecule is CC1=C(c2noc(C)n2)C(c2ccc(C)cc2)C(c2noc(C)n2)=C(C)N1. The Morgan fingerprint density at radius 2 is 1.22 bits per heavy atom. The van der Waals surface area contributed by atoms with E-state index in [1.54, 1.807) is 13.8 Å². The maximum absolute atomic E-state index is 5.25. The van der Waals surface area contributed by atoms with Crippen molar-refractivity contribution < 1.29 is 9.05 Å². The summed E-state index contributed by atoms with van der Waals surface area (Å²) in [5.74, 6) is 2.04. The van der Waals surface area contributed by atoms with Crippen molar-refractivity contribution in [2.75, 3.05) is 0 Å². The molecule has 0 amide bonds. The number of aryl methyl sites for hydroxylation is 3. The topological polar surface area (TPSA) is 89.9 Å². The Labute approximate surface area is 157 Å². The first-order chi connectivity index (χ1) is 12.9. The molecule has 1 N–H and O–H groups in total. The molecule has 1 aliphatic heterocycles. The number of aromatic nitrogens is 4. The summed E-state index contributed by atoms with van der Waals surface area (Å²) in [6, 6.07) is 8.43. The molecule has 7 nitrogen and oxygen atoms in total. The van der Waals surface area contributed by atoms with Gasteiger partial charge < -0.3 is 14.4 Å². The van der Waals surface area contributed by atoms with Gasteiger partial charge in [0, 0.05) is 42.3 Å². The molecule has 27 heavy (non-hydrogen) atoms. The zero-order chi connectivity index (χ0) is 19.1. The van der Waals surface area contributed by atoms with Crippen molar-refractivity contribution in [1.29, 1.82) is 0 Å². The lowest BCUT2D eigenvalue weighted by atomic mass is 9.79. The fraction of sp³-hybridized carbons (Fsp3) is 0.300. The highest BCUT2D eigenvalue weighted by Gasteiger charge is 2.35. The number of rotatable bonds is 3. The third kappa shape index (κ3) is 3.05. The summed E-state index contributed by atoms with van der Waals surface area (Å²) in [6.45, 7) is 9.68. The molecule has 3 heterocycles. The van der Waals surface area contributed by atoms with Crippen molar-refractivity contribution in [2.24, 2.45) is 0 Å². The number of allylic oxidation sites excluding steroid dienone is 4. The van der Waals surface area contributed by atoms with Crippen molar-refractivity contribution in [2.45, 2.75) is 40.5 Å². The van der Waals surface area contributed by atoms with E-state index in [4.69, 9.17) is 9.05 Å². The fourth-order valence-corrected chi connectivity index (χ4v) is 3.50. The van der Waals surface area contributed by atoms with Crippen LogP contribution in [0.2, 0.25) is 0 Å². The van der Waals surface area contributed by atoms with Gasteiger partial charge in [0.2, 0.25) is 23.4 Å². The zero-order valence-corrected chi connectivity index (χ0v) is 16.0. The minimum atomic E-state index is -0.138. The van der Waals surface area contributed by atoms with Gasteiger partial charge in [-0.25, -0.2) is 0 Å². The Kier molecular flexibility index (Phi) is 4.14. The molecule has 138 valence electrons. The Morgan fingerprint density at radius 1 is 0.741 bits per heavy atom. The van der Waals surface area contributed by atoms with Crippen LogP contribution in [0.25, 0.3) is 11.1 Å². The predicted octanol–water partition coefficient (Wildman–Crippen LogP) is 3.93. The number of hydrogen-bond donors (Lipinski definition) is 1. The number of nitrogens with zero attached hydrogens (tertiary/aromatic N) is 4. The monoisotopic (exact) mass is 363 g/mol. The largest absolute Gasteiger partial charge is 0.362 e. The summed E-state index contributed by atoms with van der Waals surface area (Å²) < 4.78 is 10.5. The molecule has 4 rings (SSSR count). The highest BCUT2D eigenvalue weighted by atomic mass is 16.5. The molecule has 0 fully saturated rings. The minimum Gasteiger partial charge on any atom is -0.362 e. The smallest absolute Gasteiger partial charge is 0.223 e. The normalized spacial score (nSPS) is 15.4. The van der Waals surface area contributed by atoms with Crippen LogP contribution in [-0.4, -0.2) is 20.3 Å². The molecule has 1 aliphatic rings. The first kappa shape index (κ1) is 17.2. The second kappa shape index (κ2) is 6.50. The molecule has 0 radical (unpaired) electrons.